The van der Waals surface area contributed by atoms with Crippen molar-refractivity contribution in [3.8, 4) is 0 Å². The van der Waals surface area contributed by atoms with Gasteiger partial charge in [-0.25, -0.2) is 4.98 Å². The number of carbonyl (C=O) groups excluding carboxylic acids is 1. The van der Waals surface area contributed by atoms with Gasteiger partial charge in [0.05, 0.1) is 18.3 Å². The maximum Gasteiger partial charge on any atom is 0.230 e. The third-order valence-electron chi connectivity index (χ3n) is 1.97. The Labute approximate surface area is 97.1 Å². The first-order valence-electron chi connectivity index (χ1n) is 4.78. The molecule has 2 aromatic rings. The molecule has 0 radical (unpaired) electrons. The Morgan fingerprint density at radius 1 is 1.44 bits per heavy atom. The Morgan fingerprint density at radius 2 is 2.31 bits per heavy atom. The molecule has 0 unspecified atom stereocenters. The number of thiophene rings is 1. The van der Waals surface area contributed by atoms with E-state index in [0.29, 0.717) is 17.9 Å². The standard InChI is InChI=1S/C11H11N3OS/c12-8-3-4-10(13-7-8)14-11(15)6-9-2-1-5-16-9/h1-5,7H,6,12H2,(H,13,14,15). The van der Waals surface area contributed by atoms with Gasteiger partial charge in [-0.3, -0.25) is 4.79 Å². The van der Waals surface area contributed by atoms with Crippen LogP contribution < -0.4 is 11.1 Å². The van der Waals surface area contributed by atoms with Crippen molar-refractivity contribution in [1.82, 2.24) is 4.98 Å². The summed E-state index contributed by atoms with van der Waals surface area (Å²) < 4.78 is 0. The highest BCUT2D eigenvalue weighted by atomic mass is 32.1. The predicted molar refractivity (Wildman–Crippen MR) is 65.3 cm³/mol. The average molecular weight is 233 g/mol. The summed E-state index contributed by atoms with van der Waals surface area (Å²) >= 11 is 1.56. The van der Waals surface area contributed by atoms with Crippen molar-refractivity contribution in [2.75, 3.05) is 11.1 Å². The van der Waals surface area contributed by atoms with E-state index in [1.165, 1.54) is 6.20 Å². The van der Waals surface area contributed by atoms with E-state index in [1.54, 1.807) is 23.5 Å². The minimum atomic E-state index is -0.0697. The Kier molecular flexibility index (Phi) is 3.16. The van der Waals surface area contributed by atoms with Crippen LogP contribution in [0.1, 0.15) is 4.88 Å². The van der Waals surface area contributed by atoms with Gasteiger partial charge in [-0.2, -0.15) is 0 Å². The van der Waals surface area contributed by atoms with Gasteiger partial charge < -0.3 is 11.1 Å². The number of hydrogen-bond donors (Lipinski definition) is 2. The molecule has 0 saturated heterocycles. The summed E-state index contributed by atoms with van der Waals surface area (Å²) in [6.45, 7) is 0. The average Bonchev–Trinajstić information content (AvgIpc) is 2.74. The number of hydrogen-bond acceptors (Lipinski definition) is 4. The van der Waals surface area contributed by atoms with E-state index >= 15 is 0 Å². The Balaban J connectivity index is 1.95. The predicted octanol–water partition coefficient (Wildman–Crippen LogP) is 1.91. The van der Waals surface area contributed by atoms with Crippen molar-refractivity contribution >= 4 is 28.7 Å². The molecule has 0 fully saturated rings. The smallest absolute Gasteiger partial charge is 0.230 e. The number of carbonyl (C=O) groups is 1. The molecule has 0 bridgehead atoms. The lowest BCUT2D eigenvalue weighted by Gasteiger charge is -2.03. The van der Waals surface area contributed by atoms with Gasteiger partial charge in [0.1, 0.15) is 5.82 Å². The van der Waals surface area contributed by atoms with Gasteiger partial charge in [0, 0.05) is 4.88 Å². The largest absolute Gasteiger partial charge is 0.397 e. The molecule has 0 aliphatic rings. The number of pyridine rings is 1. The van der Waals surface area contributed by atoms with Crippen LogP contribution >= 0.6 is 11.3 Å². The summed E-state index contributed by atoms with van der Waals surface area (Å²) in [6.07, 6.45) is 1.89. The lowest BCUT2D eigenvalue weighted by Crippen LogP contribution is -2.14. The molecular weight excluding hydrogens is 222 g/mol. The van der Waals surface area contributed by atoms with Crippen LogP contribution in [0.4, 0.5) is 11.5 Å². The summed E-state index contributed by atoms with van der Waals surface area (Å²) in [4.78, 5) is 16.6. The molecule has 1 amide bonds. The van der Waals surface area contributed by atoms with Gasteiger partial charge in [0.25, 0.3) is 0 Å². The molecule has 0 aromatic carbocycles. The second-order valence-corrected chi connectivity index (χ2v) is 4.31. The normalized spacial score (nSPS) is 10.0. The first kappa shape index (κ1) is 10.6. The summed E-state index contributed by atoms with van der Waals surface area (Å²) in [6, 6.07) is 7.24. The van der Waals surface area contributed by atoms with Crippen molar-refractivity contribution in [3.05, 3.63) is 40.7 Å². The Bertz CT molecular complexity index is 464. The summed E-state index contributed by atoms with van der Waals surface area (Å²) in [5.41, 5.74) is 6.07. The molecular formula is C11H11N3OS. The molecule has 0 atom stereocenters. The van der Waals surface area contributed by atoms with E-state index in [9.17, 15) is 4.79 Å². The van der Waals surface area contributed by atoms with E-state index in [0.717, 1.165) is 4.88 Å². The molecule has 0 aliphatic carbocycles. The Morgan fingerprint density at radius 3 is 2.94 bits per heavy atom. The van der Waals surface area contributed by atoms with Crippen molar-refractivity contribution < 1.29 is 4.79 Å². The summed E-state index contributed by atoms with van der Waals surface area (Å²) in [7, 11) is 0. The molecule has 2 rings (SSSR count). The second-order valence-electron chi connectivity index (χ2n) is 3.28. The van der Waals surface area contributed by atoms with Gasteiger partial charge in [-0.15, -0.1) is 11.3 Å². The zero-order chi connectivity index (χ0) is 11.4. The molecule has 2 heterocycles. The van der Waals surface area contributed by atoms with Crippen LogP contribution in [0, 0.1) is 0 Å². The van der Waals surface area contributed by atoms with Gasteiger partial charge in [0.15, 0.2) is 0 Å². The van der Waals surface area contributed by atoms with E-state index in [1.807, 2.05) is 17.5 Å². The molecule has 82 valence electrons. The van der Waals surface area contributed by atoms with Crippen LogP contribution in [0.5, 0.6) is 0 Å². The van der Waals surface area contributed by atoms with E-state index < -0.39 is 0 Å². The monoisotopic (exact) mass is 233 g/mol. The number of rotatable bonds is 3. The van der Waals surface area contributed by atoms with E-state index in [2.05, 4.69) is 10.3 Å². The molecule has 0 aliphatic heterocycles. The number of nitrogens with zero attached hydrogens (tertiary/aromatic N) is 1. The minimum Gasteiger partial charge on any atom is -0.397 e. The molecule has 5 heteroatoms. The van der Waals surface area contributed by atoms with Gasteiger partial charge in [-0.05, 0) is 23.6 Å². The zero-order valence-corrected chi connectivity index (χ0v) is 9.33. The van der Waals surface area contributed by atoms with Gasteiger partial charge >= 0.3 is 0 Å². The molecule has 3 N–H and O–H groups in total. The number of amides is 1. The zero-order valence-electron chi connectivity index (χ0n) is 8.51. The molecule has 4 nitrogen and oxygen atoms in total. The highest BCUT2D eigenvalue weighted by Crippen LogP contribution is 2.11. The van der Waals surface area contributed by atoms with E-state index in [-0.39, 0.29) is 5.91 Å². The van der Waals surface area contributed by atoms with Crippen LogP contribution in [-0.4, -0.2) is 10.9 Å². The van der Waals surface area contributed by atoms with Crippen molar-refractivity contribution in [2.24, 2.45) is 0 Å². The topological polar surface area (TPSA) is 68.0 Å². The fourth-order valence-corrected chi connectivity index (χ4v) is 1.94. The van der Waals surface area contributed by atoms with Crippen LogP contribution in [0.25, 0.3) is 0 Å². The summed E-state index contributed by atoms with van der Waals surface area (Å²) in [5.74, 6) is 0.454. The second kappa shape index (κ2) is 4.76. The Hall–Kier alpha value is -1.88. The fourth-order valence-electron chi connectivity index (χ4n) is 1.24. The number of nitrogens with two attached hydrogens (primary N) is 1. The number of anilines is 2. The van der Waals surface area contributed by atoms with Crippen LogP contribution in [0.3, 0.4) is 0 Å². The quantitative estimate of drug-likeness (QED) is 0.850. The minimum absolute atomic E-state index is 0.0697. The highest BCUT2D eigenvalue weighted by Gasteiger charge is 2.05. The van der Waals surface area contributed by atoms with Crippen molar-refractivity contribution in [1.29, 1.82) is 0 Å². The molecule has 0 saturated carbocycles. The molecule has 16 heavy (non-hydrogen) atoms. The fraction of sp³-hybridized carbons (Fsp3) is 0.0909. The van der Waals surface area contributed by atoms with Crippen LogP contribution in [0.15, 0.2) is 35.8 Å². The maximum atomic E-state index is 11.6. The number of nitrogen functional groups attached to an aromatic ring is 1. The van der Waals surface area contributed by atoms with Gasteiger partial charge in [0.2, 0.25) is 5.91 Å². The number of nitrogens with one attached hydrogen (secondary N) is 1. The van der Waals surface area contributed by atoms with Gasteiger partial charge in [-0.1, -0.05) is 6.07 Å². The third-order valence-corrected chi connectivity index (χ3v) is 2.85. The lowest BCUT2D eigenvalue weighted by molar-refractivity contribution is -0.115. The number of aromatic nitrogens is 1. The first-order chi connectivity index (χ1) is 7.74. The van der Waals surface area contributed by atoms with Crippen molar-refractivity contribution in [2.45, 2.75) is 6.42 Å². The van der Waals surface area contributed by atoms with Crippen LogP contribution in [-0.2, 0) is 11.2 Å². The maximum absolute atomic E-state index is 11.6. The summed E-state index contributed by atoms with van der Waals surface area (Å²) in [5, 5.41) is 4.66. The SMILES string of the molecule is Nc1ccc(NC(=O)Cc2cccs2)nc1. The van der Waals surface area contributed by atoms with Crippen LogP contribution in [0.2, 0.25) is 0 Å². The third kappa shape index (κ3) is 2.80. The lowest BCUT2D eigenvalue weighted by atomic mass is 10.3. The van der Waals surface area contributed by atoms with Crippen molar-refractivity contribution in [3.63, 3.8) is 0 Å². The highest BCUT2D eigenvalue weighted by molar-refractivity contribution is 7.10. The molecule has 0 spiro atoms. The molecule has 2 aromatic heterocycles. The first-order valence-corrected chi connectivity index (χ1v) is 5.66. The van der Waals surface area contributed by atoms with E-state index in [4.69, 9.17) is 5.73 Å².